The normalized spacial score (nSPS) is 43.1. The minimum Gasteiger partial charge on any atom is -0.299 e. The maximum atomic E-state index is 12.7. The Labute approximate surface area is 192 Å². The fourth-order valence-corrected chi connectivity index (χ4v) is 9.17. The molecule has 0 spiro atoms. The predicted molar refractivity (Wildman–Crippen MR) is 132 cm³/mol. The molecule has 4 rings (SSSR count). The lowest BCUT2D eigenvalue weighted by molar-refractivity contribution is -0.127. The second kappa shape index (κ2) is 8.83. The van der Waals surface area contributed by atoms with E-state index >= 15 is 0 Å². The predicted octanol–water partition coefficient (Wildman–Crippen LogP) is 8.40. The summed E-state index contributed by atoms with van der Waals surface area (Å²) >= 11 is 0. The molecule has 31 heavy (non-hydrogen) atoms. The maximum absolute atomic E-state index is 12.7. The molecule has 3 saturated carbocycles. The molecular formula is C30H48O. The average molecular weight is 425 g/mol. The standard InChI is InChI=1S/C30H48O/c1-7-9-23-26-13-12-22-25-15-14-24(21(4)11-8-10-20(2)3)29(25,5)18-16-27(22)30(26,6)19-17-28(23)31/h7,13,20-25,27H,1,8-12,14-19H2,2-6H3/t21-,22+,23+,24-,25+,27+,29-,30+/m1/s1. The SMILES string of the molecule is C=CC[C@@H]1C(=O)CC[C@@]2(C)C1=CC[C@H]1[C@@H]3CC[C@H]([C@H](C)CCCC(C)C)[C@@]3(C)CC[C@@H]12. The Balaban J connectivity index is 1.53. The van der Waals surface area contributed by atoms with Crippen molar-refractivity contribution in [1.82, 2.24) is 0 Å². The van der Waals surface area contributed by atoms with Crippen LogP contribution in [0.2, 0.25) is 0 Å². The minimum absolute atomic E-state index is 0.128. The molecule has 0 aliphatic heterocycles. The maximum Gasteiger partial charge on any atom is 0.140 e. The average Bonchev–Trinajstić information content (AvgIpc) is 3.07. The quantitative estimate of drug-likeness (QED) is 0.375. The largest absolute Gasteiger partial charge is 0.299 e. The first-order valence-corrected chi connectivity index (χ1v) is 13.6. The number of fused-ring (bicyclic) bond motifs is 5. The molecule has 0 heterocycles. The summed E-state index contributed by atoms with van der Waals surface area (Å²) in [5.74, 6) is 5.77. The molecular weight excluding hydrogens is 376 g/mol. The molecule has 0 aromatic carbocycles. The Kier molecular flexibility index (Phi) is 6.64. The van der Waals surface area contributed by atoms with Gasteiger partial charge in [0, 0.05) is 12.3 Å². The van der Waals surface area contributed by atoms with Gasteiger partial charge in [-0.3, -0.25) is 4.79 Å². The van der Waals surface area contributed by atoms with E-state index in [-0.39, 0.29) is 11.3 Å². The summed E-state index contributed by atoms with van der Waals surface area (Å²) in [6, 6.07) is 0. The van der Waals surface area contributed by atoms with Crippen molar-refractivity contribution in [3.63, 3.8) is 0 Å². The fraction of sp³-hybridized carbons (Fsp3) is 0.833. The number of Topliss-reactive ketones (excluding diaryl/α,β-unsaturated/α-hetero) is 1. The third kappa shape index (κ3) is 3.91. The summed E-state index contributed by atoms with van der Waals surface area (Å²) in [5.41, 5.74) is 2.31. The van der Waals surface area contributed by atoms with Gasteiger partial charge in [0.2, 0.25) is 0 Å². The molecule has 8 atom stereocenters. The summed E-state index contributed by atoms with van der Waals surface area (Å²) in [6.07, 6.45) is 18.4. The third-order valence-electron chi connectivity index (χ3n) is 10.8. The molecule has 1 heteroatoms. The van der Waals surface area contributed by atoms with Gasteiger partial charge >= 0.3 is 0 Å². The summed E-state index contributed by atoms with van der Waals surface area (Å²) in [6.45, 7) is 16.5. The third-order valence-corrected chi connectivity index (χ3v) is 10.8. The van der Waals surface area contributed by atoms with Gasteiger partial charge in [0.25, 0.3) is 0 Å². The molecule has 0 aromatic rings. The van der Waals surface area contributed by atoms with E-state index in [4.69, 9.17) is 0 Å². The first-order valence-electron chi connectivity index (χ1n) is 13.6. The van der Waals surface area contributed by atoms with Crippen molar-refractivity contribution < 1.29 is 4.79 Å². The molecule has 0 amide bonds. The van der Waals surface area contributed by atoms with E-state index in [9.17, 15) is 4.79 Å². The van der Waals surface area contributed by atoms with Crippen LogP contribution in [-0.2, 0) is 4.79 Å². The number of carbonyl (C=O) groups excluding carboxylic acids is 1. The monoisotopic (exact) mass is 424 g/mol. The van der Waals surface area contributed by atoms with Crippen LogP contribution in [0.1, 0.15) is 105 Å². The lowest BCUT2D eigenvalue weighted by Crippen LogP contribution is -2.52. The van der Waals surface area contributed by atoms with Crippen LogP contribution in [0.3, 0.4) is 0 Å². The van der Waals surface area contributed by atoms with Crippen molar-refractivity contribution in [3.05, 3.63) is 24.3 Å². The zero-order valence-corrected chi connectivity index (χ0v) is 21.1. The number of hydrogen-bond acceptors (Lipinski definition) is 1. The van der Waals surface area contributed by atoms with Crippen molar-refractivity contribution in [2.24, 2.45) is 52.3 Å². The Morgan fingerprint density at radius 2 is 1.87 bits per heavy atom. The Hall–Kier alpha value is -0.850. The van der Waals surface area contributed by atoms with Crippen molar-refractivity contribution in [2.75, 3.05) is 0 Å². The van der Waals surface area contributed by atoms with Gasteiger partial charge in [0.15, 0.2) is 0 Å². The lowest BCUT2D eigenvalue weighted by atomic mass is 9.46. The number of hydrogen-bond donors (Lipinski definition) is 0. The number of rotatable bonds is 7. The van der Waals surface area contributed by atoms with Crippen LogP contribution < -0.4 is 0 Å². The summed E-state index contributed by atoms with van der Waals surface area (Å²) in [4.78, 5) is 12.7. The highest BCUT2D eigenvalue weighted by Gasteiger charge is 2.59. The van der Waals surface area contributed by atoms with Gasteiger partial charge in [-0.2, -0.15) is 0 Å². The second-order valence-corrected chi connectivity index (χ2v) is 12.8. The second-order valence-electron chi connectivity index (χ2n) is 12.8. The van der Waals surface area contributed by atoms with Crippen LogP contribution in [0.25, 0.3) is 0 Å². The Morgan fingerprint density at radius 3 is 2.58 bits per heavy atom. The smallest absolute Gasteiger partial charge is 0.140 e. The van der Waals surface area contributed by atoms with Crippen LogP contribution in [0.5, 0.6) is 0 Å². The van der Waals surface area contributed by atoms with Gasteiger partial charge in [-0.25, -0.2) is 0 Å². The number of carbonyl (C=O) groups is 1. The number of ketones is 1. The van der Waals surface area contributed by atoms with Gasteiger partial charge in [0.05, 0.1) is 0 Å². The van der Waals surface area contributed by atoms with E-state index in [1.54, 1.807) is 0 Å². The van der Waals surface area contributed by atoms with Crippen LogP contribution in [0, 0.1) is 52.3 Å². The fourth-order valence-electron chi connectivity index (χ4n) is 9.17. The molecule has 0 radical (unpaired) electrons. The molecule has 0 N–H and O–H groups in total. The molecule has 0 aromatic heterocycles. The molecule has 3 fully saturated rings. The molecule has 0 saturated heterocycles. The zero-order valence-electron chi connectivity index (χ0n) is 21.1. The van der Waals surface area contributed by atoms with E-state index < -0.39 is 0 Å². The number of allylic oxidation sites excluding steroid dienone is 3. The summed E-state index contributed by atoms with van der Waals surface area (Å²) in [5, 5.41) is 0. The van der Waals surface area contributed by atoms with Crippen molar-refractivity contribution >= 4 is 5.78 Å². The van der Waals surface area contributed by atoms with E-state index in [1.165, 1.54) is 56.9 Å². The Bertz CT molecular complexity index is 716. The topological polar surface area (TPSA) is 17.1 Å². The van der Waals surface area contributed by atoms with Gasteiger partial charge in [0.1, 0.15) is 5.78 Å². The van der Waals surface area contributed by atoms with E-state index in [1.807, 2.05) is 6.08 Å². The van der Waals surface area contributed by atoms with E-state index in [2.05, 4.69) is 47.3 Å². The first kappa shape index (κ1) is 23.3. The van der Waals surface area contributed by atoms with Gasteiger partial charge in [-0.15, -0.1) is 6.58 Å². The van der Waals surface area contributed by atoms with Crippen molar-refractivity contribution in [3.8, 4) is 0 Å². The van der Waals surface area contributed by atoms with Crippen molar-refractivity contribution in [2.45, 2.75) is 105 Å². The van der Waals surface area contributed by atoms with Crippen LogP contribution >= 0.6 is 0 Å². The Morgan fingerprint density at radius 1 is 1.10 bits per heavy atom. The van der Waals surface area contributed by atoms with Crippen molar-refractivity contribution in [1.29, 1.82) is 0 Å². The summed E-state index contributed by atoms with van der Waals surface area (Å²) in [7, 11) is 0. The van der Waals surface area contributed by atoms with Crippen LogP contribution in [-0.4, -0.2) is 5.78 Å². The molecule has 4 aliphatic carbocycles. The van der Waals surface area contributed by atoms with Gasteiger partial charge in [-0.05, 0) is 91.3 Å². The minimum atomic E-state index is 0.128. The zero-order chi connectivity index (χ0) is 22.4. The van der Waals surface area contributed by atoms with Crippen LogP contribution in [0.15, 0.2) is 24.3 Å². The summed E-state index contributed by atoms with van der Waals surface area (Å²) < 4.78 is 0. The molecule has 174 valence electrons. The molecule has 0 unspecified atom stereocenters. The highest BCUT2D eigenvalue weighted by molar-refractivity contribution is 5.85. The van der Waals surface area contributed by atoms with E-state index in [0.717, 1.165) is 54.8 Å². The van der Waals surface area contributed by atoms with Gasteiger partial charge in [-0.1, -0.05) is 71.6 Å². The highest BCUT2D eigenvalue weighted by Crippen LogP contribution is 2.67. The highest BCUT2D eigenvalue weighted by atomic mass is 16.1. The molecule has 1 nitrogen and oxygen atoms in total. The molecule has 0 bridgehead atoms. The molecule has 4 aliphatic rings. The lowest BCUT2D eigenvalue weighted by Gasteiger charge is -2.59. The van der Waals surface area contributed by atoms with Gasteiger partial charge < -0.3 is 0 Å². The van der Waals surface area contributed by atoms with E-state index in [0.29, 0.717) is 11.2 Å². The first-order chi connectivity index (χ1) is 14.7. The van der Waals surface area contributed by atoms with Crippen LogP contribution in [0.4, 0.5) is 0 Å².